The van der Waals surface area contributed by atoms with Crippen LogP contribution in [0.2, 0.25) is 5.02 Å². The van der Waals surface area contributed by atoms with Crippen molar-refractivity contribution in [1.29, 1.82) is 0 Å². The number of halogens is 1. The summed E-state index contributed by atoms with van der Waals surface area (Å²) in [6, 6.07) is 6.52. The number of aryl methyl sites for hydroxylation is 1. The van der Waals surface area contributed by atoms with Gasteiger partial charge in [-0.25, -0.2) is 0 Å². The zero-order valence-electron chi connectivity index (χ0n) is 19.8. The number of hydrogen-bond donors (Lipinski definition) is 0. The highest BCUT2D eigenvalue weighted by Crippen LogP contribution is 2.66. The van der Waals surface area contributed by atoms with Crippen LogP contribution in [0.25, 0.3) is 0 Å². The lowest BCUT2D eigenvalue weighted by Crippen LogP contribution is -2.62. The van der Waals surface area contributed by atoms with Crippen LogP contribution in [0.3, 0.4) is 0 Å². The van der Waals surface area contributed by atoms with Crippen LogP contribution >= 0.6 is 11.6 Å². The Morgan fingerprint density at radius 1 is 1.16 bits per heavy atom. The second-order valence-corrected chi connectivity index (χ2v) is 12.2. The third kappa shape index (κ3) is 3.33. The number of rotatable bonds is 2. The molecule has 4 heteroatoms. The van der Waals surface area contributed by atoms with Gasteiger partial charge < -0.3 is 9.64 Å². The first-order valence-electron chi connectivity index (χ1n) is 12.3. The molecule has 1 aromatic carbocycles. The summed E-state index contributed by atoms with van der Waals surface area (Å²) in [5, 5.41) is 0.787. The van der Waals surface area contributed by atoms with Crippen LogP contribution in [-0.4, -0.2) is 30.0 Å². The van der Waals surface area contributed by atoms with Crippen LogP contribution in [-0.2, 0) is 4.79 Å². The van der Waals surface area contributed by atoms with Crippen molar-refractivity contribution in [3.05, 3.63) is 28.8 Å². The molecule has 1 saturated heterocycles. The van der Waals surface area contributed by atoms with Gasteiger partial charge in [0.05, 0.1) is 6.10 Å². The second kappa shape index (κ2) is 7.40. The first-order valence-corrected chi connectivity index (χ1v) is 12.7. The standard InChI is InChI=1S/C27H38ClNO2/c1-16-6-7-18(14-22(16)28)31-19-13-21-25-17(2)12-23-27(4,11-9-24(30)29(23)5)20(25)8-10-26(21,3)15-19/h6-7,14,17,19-21,23,25H,8-13,15H2,1-5H3/t17?,19-,20-,21-,23+,25?,26+,27+/m0/s1. The SMILES string of the molecule is Cc1ccc(O[C@H]2C[C@H]3C4C(C)C[C@H]5N(C)C(=O)CC[C@]5(C)[C@H]4CC[C@]3(C)C2)cc1Cl. The Bertz CT molecular complexity index is 886. The van der Waals surface area contributed by atoms with Gasteiger partial charge >= 0.3 is 0 Å². The number of fused-ring (bicyclic) bond motifs is 5. The molecule has 4 fully saturated rings. The first kappa shape index (κ1) is 21.6. The summed E-state index contributed by atoms with van der Waals surface area (Å²) in [6.07, 6.45) is 8.14. The molecule has 1 aromatic rings. The number of carbonyl (C=O) groups excluding carboxylic acids is 1. The summed E-state index contributed by atoms with van der Waals surface area (Å²) in [6.45, 7) is 9.52. The molecule has 0 spiro atoms. The monoisotopic (exact) mass is 443 g/mol. The van der Waals surface area contributed by atoms with E-state index in [0.29, 0.717) is 29.2 Å². The van der Waals surface area contributed by atoms with Crippen molar-refractivity contribution in [2.24, 2.45) is 34.5 Å². The second-order valence-electron chi connectivity index (χ2n) is 11.8. The number of piperidine rings is 1. The maximum absolute atomic E-state index is 12.5. The van der Waals surface area contributed by atoms with E-state index in [9.17, 15) is 4.79 Å². The number of amides is 1. The van der Waals surface area contributed by atoms with E-state index in [-0.39, 0.29) is 11.5 Å². The largest absolute Gasteiger partial charge is 0.490 e. The fourth-order valence-corrected chi connectivity index (χ4v) is 8.56. The average Bonchev–Trinajstić information content (AvgIpc) is 3.05. The molecule has 1 heterocycles. The van der Waals surface area contributed by atoms with Gasteiger partial charge in [0.1, 0.15) is 5.75 Å². The fourth-order valence-electron chi connectivity index (χ4n) is 8.39. The molecular formula is C27H38ClNO2. The van der Waals surface area contributed by atoms with E-state index in [1.807, 2.05) is 13.0 Å². The first-order chi connectivity index (χ1) is 14.6. The van der Waals surface area contributed by atoms with Crippen LogP contribution < -0.4 is 4.74 Å². The summed E-state index contributed by atoms with van der Waals surface area (Å²) in [5.41, 5.74) is 1.73. The van der Waals surface area contributed by atoms with Gasteiger partial charge in [-0.05, 0) is 97.6 Å². The summed E-state index contributed by atoms with van der Waals surface area (Å²) in [4.78, 5) is 14.6. The van der Waals surface area contributed by atoms with Gasteiger partial charge in [-0.2, -0.15) is 0 Å². The minimum absolute atomic E-state index is 0.268. The maximum Gasteiger partial charge on any atom is 0.222 e. The van der Waals surface area contributed by atoms with Crippen molar-refractivity contribution in [2.45, 2.75) is 84.8 Å². The Balaban J connectivity index is 1.39. The zero-order valence-corrected chi connectivity index (χ0v) is 20.5. The molecule has 0 N–H and O–H groups in total. The minimum atomic E-state index is 0.268. The van der Waals surface area contributed by atoms with E-state index < -0.39 is 0 Å². The van der Waals surface area contributed by atoms with E-state index in [2.05, 4.69) is 44.9 Å². The van der Waals surface area contributed by atoms with Gasteiger partial charge in [0.2, 0.25) is 5.91 Å². The third-order valence-corrected chi connectivity index (χ3v) is 10.5. The van der Waals surface area contributed by atoms with Crippen molar-refractivity contribution in [3.8, 4) is 5.75 Å². The van der Waals surface area contributed by atoms with E-state index in [4.69, 9.17) is 16.3 Å². The molecule has 3 saturated carbocycles. The highest BCUT2D eigenvalue weighted by atomic mass is 35.5. The fraction of sp³-hybridized carbons (Fsp3) is 0.741. The molecule has 3 aliphatic carbocycles. The van der Waals surface area contributed by atoms with Gasteiger partial charge in [0.15, 0.2) is 0 Å². The number of hydrogen-bond acceptors (Lipinski definition) is 2. The molecule has 1 aliphatic heterocycles. The highest BCUT2D eigenvalue weighted by Gasteiger charge is 2.62. The minimum Gasteiger partial charge on any atom is -0.490 e. The van der Waals surface area contributed by atoms with Gasteiger partial charge in [-0.1, -0.05) is 38.4 Å². The Hall–Kier alpha value is -1.22. The molecule has 4 aliphatic rings. The smallest absolute Gasteiger partial charge is 0.222 e. The number of benzene rings is 1. The highest BCUT2D eigenvalue weighted by molar-refractivity contribution is 6.31. The van der Waals surface area contributed by atoms with Gasteiger partial charge in [0, 0.05) is 24.5 Å². The summed E-state index contributed by atoms with van der Waals surface area (Å²) >= 11 is 6.35. The average molecular weight is 444 g/mol. The van der Waals surface area contributed by atoms with Gasteiger partial charge in [-0.15, -0.1) is 0 Å². The zero-order chi connectivity index (χ0) is 22.1. The summed E-state index contributed by atoms with van der Waals surface area (Å²) < 4.78 is 6.51. The van der Waals surface area contributed by atoms with Crippen LogP contribution in [0.1, 0.15) is 71.3 Å². The van der Waals surface area contributed by atoms with E-state index in [1.165, 1.54) is 12.8 Å². The molecule has 8 atom stereocenters. The van der Waals surface area contributed by atoms with Crippen LogP contribution in [0.4, 0.5) is 0 Å². The molecule has 3 nitrogen and oxygen atoms in total. The topological polar surface area (TPSA) is 29.5 Å². The lowest BCUT2D eigenvalue weighted by molar-refractivity contribution is -0.164. The maximum atomic E-state index is 12.5. The Labute approximate surface area is 192 Å². The molecule has 0 radical (unpaired) electrons. The van der Waals surface area contributed by atoms with E-state index in [0.717, 1.165) is 60.3 Å². The molecule has 0 bridgehead atoms. The molecule has 31 heavy (non-hydrogen) atoms. The van der Waals surface area contributed by atoms with Crippen molar-refractivity contribution in [3.63, 3.8) is 0 Å². The molecule has 1 amide bonds. The molecular weight excluding hydrogens is 406 g/mol. The van der Waals surface area contributed by atoms with E-state index in [1.54, 1.807) is 0 Å². The van der Waals surface area contributed by atoms with Gasteiger partial charge in [-0.3, -0.25) is 4.79 Å². The lowest BCUT2D eigenvalue weighted by atomic mass is 9.45. The number of carbonyl (C=O) groups is 1. The number of likely N-dealkylation sites (tertiary alicyclic amines) is 1. The Kier molecular flexibility index (Phi) is 5.16. The quantitative estimate of drug-likeness (QED) is 0.521. The third-order valence-electron chi connectivity index (χ3n) is 10.1. The molecule has 2 unspecified atom stereocenters. The van der Waals surface area contributed by atoms with E-state index >= 15 is 0 Å². The number of ether oxygens (including phenoxy) is 1. The van der Waals surface area contributed by atoms with Crippen molar-refractivity contribution < 1.29 is 9.53 Å². The normalized spacial score (nSPS) is 44.5. The van der Waals surface area contributed by atoms with Crippen LogP contribution in [0, 0.1) is 41.4 Å². The molecule has 5 rings (SSSR count). The van der Waals surface area contributed by atoms with Crippen LogP contribution in [0.15, 0.2) is 18.2 Å². The van der Waals surface area contributed by atoms with Crippen molar-refractivity contribution in [1.82, 2.24) is 4.90 Å². The number of nitrogens with zero attached hydrogens (tertiary/aromatic N) is 1. The van der Waals surface area contributed by atoms with Crippen molar-refractivity contribution in [2.75, 3.05) is 7.05 Å². The molecule has 170 valence electrons. The summed E-state index contributed by atoms with van der Waals surface area (Å²) in [7, 11) is 2.05. The predicted molar refractivity (Wildman–Crippen MR) is 125 cm³/mol. The van der Waals surface area contributed by atoms with Crippen molar-refractivity contribution >= 4 is 17.5 Å². The Morgan fingerprint density at radius 3 is 2.68 bits per heavy atom. The predicted octanol–water partition coefficient (Wildman–Crippen LogP) is 6.51. The molecule has 0 aromatic heterocycles. The lowest BCUT2D eigenvalue weighted by Gasteiger charge is -2.63. The van der Waals surface area contributed by atoms with Crippen LogP contribution in [0.5, 0.6) is 5.75 Å². The summed E-state index contributed by atoms with van der Waals surface area (Å²) in [5.74, 6) is 4.11. The Morgan fingerprint density at radius 2 is 1.94 bits per heavy atom. The van der Waals surface area contributed by atoms with Gasteiger partial charge in [0.25, 0.3) is 0 Å².